The highest BCUT2D eigenvalue weighted by atomic mass is 16.6. The first-order valence-corrected chi connectivity index (χ1v) is 12.2. The molecule has 0 saturated carbocycles. The lowest BCUT2D eigenvalue weighted by Gasteiger charge is -2.38. The fourth-order valence-electron chi connectivity index (χ4n) is 3.64. The number of nitrogens with zero attached hydrogens (tertiary/aromatic N) is 1. The van der Waals surface area contributed by atoms with Crippen LogP contribution in [0, 0.1) is 12.3 Å². The van der Waals surface area contributed by atoms with Gasteiger partial charge < -0.3 is 25.4 Å². The minimum absolute atomic E-state index is 0.0950. The molecule has 0 fully saturated rings. The van der Waals surface area contributed by atoms with Gasteiger partial charge in [0.1, 0.15) is 17.7 Å². The number of amides is 3. The Morgan fingerprint density at radius 1 is 1.11 bits per heavy atom. The van der Waals surface area contributed by atoms with Gasteiger partial charge in [-0.3, -0.25) is 9.59 Å². The summed E-state index contributed by atoms with van der Waals surface area (Å²) in [7, 11) is 0. The van der Waals surface area contributed by atoms with Crippen molar-refractivity contribution in [1.82, 2.24) is 15.5 Å². The van der Waals surface area contributed by atoms with E-state index in [1.54, 1.807) is 45.0 Å². The first-order chi connectivity index (χ1) is 16.4. The van der Waals surface area contributed by atoms with E-state index in [2.05, 4.69) is 16.6 Å². The smallest absolute Gasteiger partial charge is 0.408 e. The van der Waals surface area contributed by atoms with Crippen LogP contribution < -0.4 is 10.6 Å². The van der Waals surface area contributed by atoms with Crippen molar-refractivity contribution in [1.29, 1.82) is 0 Å². The molecule has 0 aromatic heterocycles. The molecule has 0 aliphatic carbocycles. The molecule has 0 heterocycles. The van der Waals surface area contributed by atoms with E-state index < -0.39 is 36.3 Å². The number of hydrogen-bond acceptors (Lipinski definition) is 5. The quantitative estimate of drug-likeness (QED) is 0.414. The van der Waals surface area contributed by atoms with Crippen LogP contribution in [0.3, 0.4) is 0 Å². The molecule has 0 spiro atoms. The minimum Gasteiger partial charge on any atom is -0.444 e. The topological polar surface area (TPSA) is 108 Å². The molecule has 1 aromatic rings. The zero-order chi connectivity index (χ0) is 26.8. The Labute approximate surface area is 209 Å². The molecule has 4 atom stereocenters. The van der Waals surface area contributed by atoms with E-state index in [-0.39, 0.29) is 18.0 Å². The molecule has 0 aliphatic rings. The summed E-state index contributed by atoms with van der Waals surface area (Å²) in [5.41, 5.74) is 0.446. The van der Waals surface area contributed by atoms with Crippen molar-refractivity contribution in [3.63, 3.8) is 0 Å². The van der Waals surface area contributed by atoms with Gasteiger partial charge in [0.05, 0.1) is 6.61 Å². The van der Waals surface area contributed by atoms with Crippen LogP contribution in [0.5, 0.6) is 0 Å². The Balaban J connectivity index is 3.45. The van der Waals surface area contributed by atoms with E-state index in [1.165, 1.54) is 4.90 Å². The lowest BCUT2D eigenvalue weighted by Crippen LogP contribution is -2.57. The van der Waals surface area contributed by atoms with Crippen molar-refractivity contribution >= 4 is 17.9 Å². The fourth-order valence-corrected chi connectivity index (χ4v) is 3.64. The van der Waals surface area contributed by atoms with Crippen molar-refractivity contribution in [2.45, 2.75) is 97.5 Å². The van der Waals surface area contributed by atoms with E-state index in [0.717, 1.165) is 12.8 Å². The fraction of sp³-hybridized carbons (Fsp3) is 0.593. The molecule has 3 N–H and O–H groups in total. The van der Waals surface area contributed by atoms with Gasteiger partial charge in [-0.05, 0) is 65.2 Å². The number of benzene rings is 1. The third-order valence-electron chi connectivity index (χ3n) is 5.52. The monoisotopic (exact) mass is 487 g/mol. The molecular weight excluding hydrogens is 446 g/mol. The van der Waals surface area contributed by atoms with Crippen LogP contribution in [0.25, 0.3) is 0 Å². The van der Waals surface area contributed by atoms with Crippen LogP contribution in [0.4, 0.5) is 4.79 Å². The van der Waals surface area contributed by atoms with Gasteiger partial charge in [0.15, 0.2) is 0 Å². The van der Waals surface area contributed by atoms with Crippen molar-refractivity contribution in [3.05, 3.63) is 35.4 Å². The Hall–Kier alpha value is -3.05. The van der Waals surface area contributed by atoms with Gasteiger partial charge >= 0.3 is 6.09 Å². The first-order valence-electron chi connectivity index (χ1n) is 12.2. The first kappa shape index (κ1) is 30.0. The largest absolute Gasteiger partial charge is 0.444 e. The van der Waals surface area contributed by atoms with Gasteiger partial charge in [-0.2, -0.15) is 0 Å². The number of aliphatic hydroxyl groups excluding tert-OH is 1. The molecule has 3 amide bonds. The molecular formula is C27H41N3O5. The summed E-state index contributed by atoms with van der Waals surface area (Å²) in [6.07, 6.45) is 6.88. The van der Waals surface area contributed by atoms with Crippen LogP contribution in [-0.2, 0) is 14.3 Å². The van der Waals surface area contributed by atoms with E-state index >= 15 is 0 Å². The molecule has 0 saturated heterocycles. The molecule has 0 radical (unpaired) electrons. The third kappa shape index (κ3) is 9.25. The van der Waals surface area contributed by atoms with Gasteiger partial charge in [0.25, 0.3) is 0 Å². The highest BCUT2D eigenvalue weighted by Crippen LogP contribution is 2.27. The van der Waals surface area contributed by atoms with Gasteiger partial charge in [0, 0.05) is 17.6 Å². The van der Waals surface area contributed by atoms with Crippen LogP contribution in [0.1, 0.15) is 84.9 Å². The number of hydrogen-bond donors (Lipinski definition) is 3. The number of carbonyl (C=O) groups excluding carboxylic acids is 3. The minimum atomic E-state index is -1.29. The zero-order valence-electron chi connectivity index (χ0n) is 22.1. The third-order valence-corrected chi connectivity index (χ3v) is 5.52. The Bertz CT molecular complexity index is 886. The van der Waals surface area contributed by atoms with E-state index in [9.17, 15) is 19.5 Å². The summed E-state index contributed by atoms with van der Waals surface area (Å²) < 4.78 is 5.25. The molecule has 8 nitrogen and oxygen atoms in total. The maximum atomic E-state index is 13.7. The molecule has 1 aromatic carbocycles. The maximum Gasteiger partial charge on any atom is 0.408 e. The second kappa shape index (κ2) is 13.7. The number of ether oxygens (including phenoxy) is 1. The maximum absolute atomic E-state index is 13.7. The highest BCUT2D eigenvalue weighted by Gasteiger charge is 2.38. The van der Waals surface area contributed by atoms with E-state index in [4.69, 9.17) is 11.2 Å². The molecule has 8 heteroatoms. The average Bonchev–Trinajstić information content (AvgIpc) is 2.79. The van der Waals surface area contributed by atoms with Crippen molar-refractivity contribution in [2.24, 2.45) is 0 Å². The molecule has 35 heavy (non-hydrogen) atoms. The molecule has 1 rings (SSSR count). The second-order valence-electron chi connectivity index (χ2n) is 9.75. The number of aliphatic hydroxyl groups is 1. The van der Waals surface area contributed by atoms with Crippen LogP contribution in [0.2, 0.25) is 0 Å². The number of nitrogens with one attached hydrogen (secondary N) is 2. The summed E-state index contributed by atoms with van der Waals surface area (Å²) in [5, 5.41) is 15.4. The molecule has 0 aliphatic heterocycles. The highest BCUT2D eigenvalue weighted by molar-refractivity contribution is 5.92. The number of rotatable bonds is 11. The summed E-state index contributed by atoms with van der Waals surface area (Å²) in [6.45, 7) is 12.1. The summed E-state index contributed by atoms with van der Waals surface area (Å²) in [4.78, 5) is 41.0. The van der Waals surface area contributed by atoms with Gasteiger partial charge in [-0.25, -0.2) is 4.79 Å². The van der Waals surface area contributed by atoms with Gasteiger partial charge in [0.2, 0.25) is 11.8 Å². The Morgan fingerprint density at radius 3 is 2.17 bits per heavy atom. The standard InChI is InChI=1S/C27H41N3O5/c1-9-12-18(4)28-24(32)23(21-15-13-20(11-3)14-16-21)30(19(5)10-2)25(33)22(17-31)29-26(34)35-27(6,7)8/h3,13-16,18-19,22-23,31H,9-10,12,17H2,1-2,4-8H3,(H,28,32)(H,29,34). The summed E-state index contributed by atoms with van der Waals surface area (Å²) >= 11 is 0. The van der Waals surface area contributed by atoms with Crippen LogP contribution in [0.15, 0.2) is 24.3 Å². The molecule has 0 bridgehead atoms. The summed E-state index contributed by atoms with van der Waals surface area (Å²) in [6, 6.07) is 4.14. The predicted molar refractivity (Wildman–Crippen MR) is 136 cm³/mol. The van der Waals surface area contributed by atoms with Gasteiger partial charge in [-0.1, -0.05) is 38.3 Å². The lowest BCUT2D eigenvalue weighted by atomic mass is 9.98. The van der Waals surface area contributed by atoms with E-state index in [0.29, 0.717) is 17.5 Å². The molecule has 4 unspecified atom stereocenters. The number of terminal acetylenes is 1. The Morgan fingerprint density at radius 2 is 1.71 bits per heavy atom. The van der Waals surface area contributed by atoms with Crippen molar-refractivity contribution < 1.29 is 24.2 Å². The number of carbonyl (C=O) groups is 3. The normalized spacial score (nSPS) is 14.6. The average molecular weight is 488 g/mol. The number of alkyl carbamates (subject to hydrolysis) is 1. The van der Waals surface area contributed by atoms with Crippen LogP contribution >= 0.6 is 0 Å². The summed E-state index contributed by atoms with van der Waals surface area (Å²) in [5.74, 6) is 1.62. The van der Waals surface area contributed by atoms with Crippen molar-refractivity contribution in [2.75, 3.05) is 6.61 Å². The zero-order valence-corrected chi connectivity index (χ0v) is 22.1. The second-order valence-corrected chi connectivity index (χ2v) is 9.75. The Kier molecular flexibility index (Phi) is 11.8. The lowest BCUT2D eigenvalue weighted by molar-refractivity contribution is -0.146. The SMILES string of the molecule is C#Cc1ccc(C(C(=O)NC(C)CCC)N(C(=O)C(CO)NC(=O)OC(C)(C)C)C(C)CC)cc1. The van der Waals surface area contributed by atoms with Gasteiger partial charge in [-0.15, -0.1) is 6.42 Å². The van der Waals surface area contributed by atoms with E-state index in [1.807, 2.05) is 27.7 Å². The molecule has 194 valence electrons. The van der Waals surface area contributed by atoms with Crippen LogP contribution in [-0.4, -0.2) is 58.2 Å². The predicted octanol–water partition coefficient (Wildman–Crippen LogP) is 3.53. The van der Waals surface area contributed by atoms with Crippen molar-refractivity contribution in [3.8, 4) is 12.3 Å².